The van der Waals surface area contributed by atoms with Gasteiger partial charge in [0.15, 0.2) is 5.65 Å². The lowest BCUT2D eigenvalue weighted by atomic mass is 10.3. The molecule has 0 atom stereocenters. The zero-order chi connectivity index (χ0) is 11.5. The molecule has 2 aromatic rings. The Kier molecular flexibility index (Phi) is 2.67. The molecule has 84 valence electrons. The number of hydrogen-bond donors (Lipinski definition) is 2. The maximum Gasteiger partial charge on any atom is 0.313 e. The fourth-order valence-corrected chi connectivity index (χ4v) is 1.33. The van der Waals surface area contributed by atoms with Gasteiger partial charge in [-0.25, -0.2) is 9.97 Å². The molecule has 7 nitrogen and oxygen atoms in total. The number of H-pyrrole nitrogens is 1. The molecule has 2 aromatic heterocycles. The van der Waals surface area contributed by atoms with E-state index in [-0.39, 0.29) is 12.4 Å². The number of fused-ring (bicyclic) bond motifs is 1. The third-order valence-electron chi connectivity index (χ3n) is 1.99. The van der Waals surface area contributed by atoms with Gasteiger partial charge in [0.1, 0.15) is 18.1 Å². The third kappa shape index (κ3) is 1.92. The number of rotatable bonds is 3. The molecule has 0 radical (unpaired) electrons. The normalized spacial score (nSPS) is 10.6. The van der Waals surface area contributed by atoms with E-state index in [0.29, 0.717) is 29.3 Å². The van der Waals surface area contributed by atoms with Crippen molar-refractivity contribution in [3.05, 3.63) is 12.0 Å². The highest BCUT2D eigenvalue weighted by Crippen LogP contribution is 2.14. The molecule has 7 heteroatoms. The predicted molar refractivity (Wildman–Crippen MR) is 56.4 cm³/mol. The van der Waals surface area contributed by atoms with Gasteiger partial charge in [-0.2, -0.15) is 5.10 Å². The highest BCUT2D eigenvalue weighted by Gasteiger charge is 2.10. The summed E-state index contributed by atoms with van der Waals surface area (Å²) in [5.41, 5.74) is 6.21. The van der Waals surface area contributed by atoms with Crippen molar-refractivity contribution in [2.45, 2.75) is 13.3 Å². The SMILES string of the molecule is CCOC(=O)Cc1nc(N)c2cn[nH]c2n1. The summed E-state index contributed by atoms with van der Waals surface area (Å²) in [5.74, 6) is 0.256. The highest BCUT2D eigenvalue weighted by molar-refractivity contribution is 5.85. The first-order chi connectivity index (χ1) is 7.70. The van der Waals surface area contributed by atoms with Gasteiger partial charge < -0.3 is 10.5 Å². The van der Waals surface area contributed by atoms with Crippen LogP contribution in [0.15, 0.2) is 6.20 Å². The molecule has 0 aliphatic rings. The van der Waals surface area contributed by atoms with Crippen molar-refractivity contribution < 1.29 is 9.53 Å². The standard InChI is InChI=1S/C9H11N5O2/c1-2-16-7(15)3-6-12-8(10)5-4-11-14-9(5)13-6/h4H,2-3H2,1H3,(H3,10,11,12,13,14). The number of nitrogens with two attached hydrogens (primary N) is 1. The lowest BCUT2D eigenvalue weighted by molar-refractivity contribution is -0.142. The minimum absolute atomic E-state index is 0.00694. The Morgan fingerprint density at radius 1 is 1.56 bits per heavy atom. The molecular formula is C9H11N5O2. The number of carbonyl (C=O) groups is 1. The smallest absolute Gasteiger partial charge is 0.313 e. The van der Waals surface area contributed by atoms with E-state index in [1.807, 2.05) is 0 Å². The van der Waals surface area contributed by atoms with Gasteiger partial charge in [-0.05, 0) is 6.92 Å². The van der Waals surface area contributed by atoms with Gasteiger partial charge in [0.2, 0.25) is 0 Å². The fraction of sp³-hybridized carbons (Fsp3) is 0.333. The van der Waals surface area contributed by atoms with Gasteiger partial charge in [-0.1, -0.05) is 0 Å². The number of carbonyl (C=O) groups excluding carboxylic acids is 1. The van der Waals surface area contributed by atoms with Gasteiger partial charge in [0.05, 0.1) is 18.2 Å². The Hall–Kier alpha value is -2.18. The van der Waals surface area contributed by atoms with Crippen LogP contribution in [0.3, 0.4) is 0 Å². The van der Waals surface area contributed by atoms with E-state index in [4.69, 9.17) is 10.5 Å². The van der Waals surface area contributed by atoms with E-state index in [1.54, 1.807) is 13.1 Å². The fourth-order valence-electron chi connectivity index (χ4n) is 1.33. The van der Waals surface area contributed by atoms with Crippen LogP contribution in [-0.2, 0) is 16.0 Å². The Bertz CT molecular complexity index is 522. The number of nitrogen functional groups attached to an aromatic ring is 1. The van der Waals surface area contributed by atoms with Crippen LogP contribution in [-0.4, -0.2) is 32.7 Å². The number of aromatic amines is 1. The van der Waals surface area contributed by atoms with Gasteiger partial charge in [0, 0.05) is 0 Å². The summed E-state index contributed by atoms with van der Waals surface area (Å²) in [6, 6.07) is 0. The van der Waals surface area contributed by atoms with Crippen molar-refractivity contribution in [1.82, 2.24) is 20.2 Å². The quantitative estimate of drug-likeness (QED) is 0.708. The molecule has 0 saturated heterocycles. The molecule has 0 saturated carbocycles. The molecule has 3 N–H and O–H groups in total. The molecule has 2 heterocycles. The van der Waals surface area contributed by atoms with Gasteiger partial charge >= 0.3 is 5.97 Å². The predicted octanol–water partition coefficient (Wildman–Crippen LogP) is 0.0407. The summed E-state index contributed by atoms with van der Waals surface area (Å²) in [5, 5.41) is 7.11. The minimum atomic E-state index is -0.374. The minimum Gasteiger partial charge on any atom is -0.466 e. The molecule has 0 bridgehead atoms. The van der Waals surface area contributed by atoms with E-state index in [9.17, 15) is 4.79 Å². The first-order valence-corrected chi connectivity index (χ1v) is 4.81. The second-order valence-corrected chi connectivity index (χ2v) is 3.14. The average molecular weight is 221 g/mol. The lowest BCUT2D eigenvalue weighted by Gasteiger charge is -2.02. The molecule has 0 spiro atoms. The van der Waals surface area contributed by atoms with Crippen molar-refractivity contribution in [2.75, 3.05) is 12.3 Å². The van der Waals surface area contributed by atoms with Crippen molar-refractivity contribution in [1.29, 1.82) is 0 Å². The van der Waals surface area contributed by atoms with Crippen LogP contribution in [0.4, 0.5) is 5.82 Å². The number of ether oxygens (including phenoxy) is 1. The summed E-state index contributed by atoms with van der Waals surface area (Å²) >= 11 is 0. The Labute approximate surface area is 91.0 Å². The zero-order valence-corrected chi connectivity index (χ0v) is 8.73. The number of nitrogens with zero attached hydrogens (tertiary/aromatic N) is 3. The summed E-state index contributed by atoms with van der Waals surface area (Å²) in [6.45, 7) is 2.08. The summed E-state index contributed by atoms with van der Waals surface area (Å²) < 4.78 is 4.79. The monoisotopic (exact) mass is 221 g/mol. The molecule has 2 rings (SSSR count). The Morgan fingerprint density at radius 2 is 2.38 bits per heavy atom. The first kappa shape index (κ1) is 10.3. The second-order valence-electron chi connectivity index (χ2n) is 3.14. The largest absolute Gasteiger partial charge is 0.466 e. The topological polar surface area (TPSA) is 107 Å². The maximum absolute atomic E-state index is 11.2. The number of anilines is 1. The van der Waals surface area contributed by atoms with E-state index in [0.717, 1.165) is 0 Å². The van der Waals surface area contributed by atoms with E-state index in [2.05, 4.69) is 20.2 Å². The summed E-state index contributed by atoms with van der Waals surface area (Å²) in [4.78, 5) is 19.3. The molecule has 0 aromatic carbocycles. The highest BCUT2D eigenvalue weighted by atomic mass is 16.5. The lowest BCUT2D eigenvalue weighted by Crippen LogP contribution is -2.11. The van der Waals surface area contributed by atoms with Gasteiger partial charge in [-0.15, -0.1) is 0 Å². The summed E-state index contributed by atoms with van der Waals surface area (Å²) in [6.07, 6.45) is 1.55. The molecular weight excluding hydrogens is 210 g/mol. The first-order valence-electron chi connectivity index (χ1n) is 4.81. The number of aromatic nitrogens is 4. The Morgan fingerprint density at radius 3 is 3.12 bits per heavy atom. The van der Waals surface area contributed by atoms with Crippen LogP contribution in [0.25, 0.3) is 11.0 Å². The van der Waals surface area contributed by atoms with Crippen molar-refractivity contribution in [3.8, 4) is 0 Å². The number of nitrogens with one attached hydrogen (secondary N) is 1. The van der Waals surface area contributed by atoms with Crippen molar-refractivity contribution in [3.63, 3.8) is 0 Å². The molecule has 0 fully saturated rings. The molecule has 0 unspecified atom stereocenters. The molecule has 0 aliphatic heterocycles. The molecule has 0 amide bonds. The zero-order valence-electron chi connectivity index (χ0n) is 8.73. The third-order valence-corrected chi connectivity index (χ3v) is 1.99. The van der Waals surface area contributed by atoms with Crippen LogP contribution in [0.5, 0.6) is 0 Å². The van der Waals surface area contributed by atoms with Crippen LogP contribution in [0.2, 0.25) is 0 Å². The van der Waals surface area contributed by atoms with Crippen LogP contribution < -0.4 is 5.73 Å². The van der Waals surface area contributed by atoms with Crippen molar-refractivity contribution >= 4 is 22.8 Å². The summed E-state index contributed by atoms with van der Waals surface area (Å²) in [7, 11) is 0. The van der Waals surface area contributed by atoms with Crippen molar-refractivity contribution in [2.24, 2.45) is 0 Å². The van der Waals surface area contributed by atoms with E-state index in [1.165, 1.54) is 0 Å². The van der Waals surface area contributed by atoms with Crippen LogP contribution in [0, 0.1) is 0 Å². The Balaban J connectivity index is 2.28. The van der Waals surface area contributed by atoms with E-state index < -0.39 is 0 Å². The van der Waals surface area contributed by atoms with Crippen LogP contribution in [0.1, 0.15) is 12.7 Å². The second kappa shape index (κ2) is 4.13. The van der Waals surface area contributed by atoms with Gasteiger partial charge in [-0.3, -0.25) is 9.89 Å². The number of hydrogen-bond acceptors (Lipinski definition) is 6. The van der Waals surface area contributed by atoms with Crippen LogP contribution >= 0.6 is 0 Å². The maximum atomic E-state index is 11.2. The number of esters is 1. The van der Waals surface area contributed by atoms with E-state index >= 15 is 0 Å². The van der Waals surface area contributed by atoms with Gasteiger partial charge in [0.25, 0.3) is 0 Å². The molecule has 0 aliphatic carbocycles. The average Bonchev–Trinajstić information content (AvgIpc) is 2.66. The molecule has 16 heavy (non-hydrogen) atoms.